The molecule has 2 N–H and O–H groups in total. The molecule has 1 aromatic rings. The molecular weight excluding hydrogens is 499 g/mol. The number of carboxylic acid groups (broad SMARTS) is 1. The van der Waals surface area contributed by atoms with E-state index in [9.17, 15) is 18.3 Å². The quantitative estimate of drug-likeness (QED) is 0.447. The first-order chi connectivity index (χ1) is 15.4. The molecule has 0 amide bonds. The van der Waals surface area contributed by atoms with Gasteiger partial charge >= 0.3 is 5.97 Å². The number of piperazine rings is 1. The maximum absolute atomic E-state index is 12.7. The average molecular weight is 540 g/mol. The van der Waals surface area contributed by atoms with E-state index in [1.807, 2.05) is 19.1 Å². The number of nitrogens with one attached hydrogen (secondary N) is 1. The van der Waals surface area contributed by atoms with E-state index in [-0.39, 0.29) is 30.6 Å². The van der Waals surface area contributed by atoms with E-state index in [1.165, 1.54) is 19.3 Å². The van der Waals surface area contributed by atoms with Gasteiger partial charge < -0.3 is 15.3 Å². The Morgan fingerprint density at radius 3 is 2.26 bits per heavy atom. The van der Waals surface area contributed by atoms with Gasteiger partial charge in [0.2, 0.25) is 10.0 Å². The Kier molecular flexibility index (Phi) is 13.6. The molecule has 0 radical (unpaired) electrons. The molecule has 8 nitrogen and oxygen atoms in total. The summed E-state index contributed by atoms with van der Waals surface area (Å²) in [5, 5.41) is 12.7. The first-order valence-corrected chi connectivity index (χ1v) is 13.5. The Morgan fingerprint density at radius 2 is 1.71 bits per heavy atom. The molecule has 0 saturated carbocycles. The molecular formula is C23H40Cl2N4O4S. The standard InChI is InChI=1S/C23H38N4O4S.2ClH/c1-2-3-18-32(30,31)27(19-23(28)29)22-6-4-21(5-7-22)26-16-14-25(15-17-26)13-10-20-8-11-24-12-9-20;;/h4-7,20,24H,2-3,8-19H2,1H3,(H,28,29);2*1H. The van der Waals surface area contributed by atoms with Crippen molar-refractivity contribution in [2.45, 2.75) is 39.0 Å². The lowest BCUT2D eigenvalue weighted by atomic mass is 9.94. The number of anilines is 2. The molecule has 2 fully saturated rings. The van der Waals surface area contributed by atoms with Crippen LogP contribution in [0.15, 0.2) is 24.3 Å². The Labute approximate surface area is 216 Å². The molecule has 0 atom stereocenters. The zero-order valence-electron chi connectivity index (χ0n) is 20.0. The number of nitrogens with zero attached hydrogens (tertiary/aromatic N) is 3. The van der Waals surface area contributed by atoms with Crippen LogP contribution in [0.2, 0.25) is 0 Å². The summed E-state index contributed by atoms with van der Waals surface area (Å²) in [4.78, 5) is 16.1. The Hall–Kier alpha value is -1.26. The summed E-state index contributed by atoms with van der Waals surface area (Å²) < 4.78 is 26.4. The first kappa shape index (κ1) is 30.8. The predicted octanol–water partition coefficient (Wildman–Crippen LogP) is 3.06. The number of aliphatic carboxylic acids is 1. The van der Waals surface area contributed by atoms with Gasteiger partial charge in [-0.25, -0.2) is 8.42 Å². The lowest BCUT2D eigenvalue weighted by Crippen LogP contribution is -2.47. The van der Waals surface area contributed by atoms with Crippen molar-refractivity contribution in [2.24, 2.45) is 5.92 Å². The van der Waals surface area contributed by atoms with Crippen molar-refractivity contribution < 1.29 is 18.3 Å². The number of piperidine rings is 1. The highest BCUT2D eigenvalue weighted by Crippen LogP contribution is 2.25. The van der Waals surface area contributed by atoms with Crippen LogP contribution in [0.1, 0.15) is 39.0 Å². The van der Waals surface area contributed by atoms with Crippen molar-refractivity contribution in [1.82, 2.24) is 10.2 Å². The third-order valence-corrected chi connectivity index (χ3v) is 8.37. The number of rotatable bonds is 11. The van der Waals surface area contributed by atoms with E-state index in [0.29, 0.717) is 12.1 Å². The van der Waals surface area contributed by atoms with Crippen LogP contribution in [-0.4, -0.2) is 82.5 Å². The van der Waals surface area contributed by atoms with E-state index in [4.69, 9.17) is 0 Å². The summed E-state index contributed by atoms with van der Waals surface area (Å²) in [5.74, 6) is -0.350. The number of hydrogen-bond donors (Lipinski definition) is 2. The van der Waals surface area contributed by atoms with Gasteiger partial charge in [0.1, 0.15) is 6.54 Å². The van der Waals surface area contributed by atoms with Crippen LogP contribution in [0.4, 0.5) is 11.4 Å². The maximum Gasteiger partial charge on any atom is 0.324 e. The minimum Gasteiger partial charge on any atom is -0.480 e. The molecule has 0 spiro atoms. The van der Waals surface area contributed by atoms with Crippen LogP contribution in [0, 0.1) is 5.92 Å². The fourth-order valence-electron chi connectivity index (χ4n) is 4.50. The summed E-state index contributed by atoms with van der Waals surface area (Å²) in [7, 11) is -3.67. The Bertz CT molecular complexity index is 828. The number of hydrogen-bond acceptors (Lipinski definition) is 6. The summed E-state index contributed by atoms with van der Waals surface area (Å²) in [6.45, 7) is 8.78. The number of carbonyl (C=O) groups is 1. The van der Waals surface area contributed by atoms with Gasteiger partial charge in [0.25, 0.3) is 0 Å². The van der Waals surface area contributed by atoms with Crippen molar-refractivity contribution in [3.05, 3.63) is 24.3 Å². The lowest BCUT2D eigenvalue weighted by Gasteiger charge is -2.37. The third kappa shape index (κ3) is 9.07. The normalized spacial score (nSPS) is 17.5. The van der Waals surface area contributed by atoms with Crippen LogP contribution in [0.25, 0.3) is 0 Å². The zero-order valence-corrected chi connectivity index (χ0v) is 22.5. The summed E-state index contributed by atoms with van der Waals surface area (Å²) >= 11 is 0. The molecule has 1 aromatic carbocycles. The highest BCUT2D eigenvalue weighted by molar-refractivity contribution is 7.92. The molecule has 2 aliphatic rings. The minimum atomic E-state index is -3.67. The zero-order chi connectivity index (χ0) is 23.0. The molecule has 2 heterocycles. The Balaban J connectivity index is 0.00000289. The first-order valence-electron chi connectivity index (χ1n) is 11.9. The van der Waals surface area contributed by atoms with Gasteiger partial charge in [0, 0.05) is 31.9 Å². The Morgan fingerprint density at radius 1 is 1.09 bits per heavy atom. The lowest BCUT2D eigenvalue weighted by molar-refractivity contribution is -0.135. The fraction of sp³-hybridized carbons (Fsp3) is 0.696. The van der Waals surface area contributed by atoms with Gasteiger partial charge in [-0.1, -0.05) is 13.3 Å². The van der Waals surface area contributed by atoms with Gasteiger partial charge in [0.15, 0.2) is 0 Å². The molecule has 34 heavy (non-hydrogen) atoms. The molecule has 2 aliphatic heterocycles. The molecule has 0 unspecified atom stereocenters. The second-order valence-electron chi connectivity index (χ2n) is 8.90. The van der Waals surface area contributed by atoms with Crippen molar-refractivity contribution in [2.75, 3.05) is 67.3 Å². The number of halogens is 2. The number of sulfonamides is 1. The van der Waals surface area contributed by atoms with E-state index in [0.717, 1.165) is 68.1 Å². The number of carboxylic acids is 1. The van der Waals surface area contributed by atoms with E-state index in [1.54, 1.807) is 12.1 Å². The molecule has 2 saturated heterocycles. The summed E-state index contributed by atoms with van der Waals surface area (Å²) in [6, 6.07) is 7.27. The largest absolute Gasteiger partial charge is 0.480 e. The number of benzene rings is 1. The molecule has 0 aliphatic carbocycles. The highest BCUT2D eigenvalue weighted by atomic mass is 35.5. The van der Waals surface area contributed by atoms with Crippen molar-refractivity contribution >= 4 is 52.2 Å². The minimum absolute atomic E-state index is 0. The molecule has 11 heteroatoms. The van der Waals surface area contributed by atoms with Crippen LogP contribution < -0.4 is 14.5 Å². The summed E-state index contributed by atoms with van der Waals surface area (Å²) in [6.07, 6.45) is 5.11. The summed E-state index contributed by atoms with van der Waals surface area (Å²) in [5.41, 5.74) is 1.46. The van der Waals surface area contributed by atoms with Crippen molar-refractivity contribution in [1.29, 1.82) is 0 Å². The van der Waals surface area contributed by atoms with Crippen LogP contribution >= 0.6 is 24.8 Å². The van der Waals surface area contributed by atoms with Gasteiger partial charge in [-0.2, -0.15) is 0 Å². The van der Waals surface area contributed by atoms with E-state index < -0.39 is 22.5 Å². The van der Waals surface area contributed by atoms with Crippen LogP contribution in [-0.2, 0) is 14.8 Å². The van der Waals surface area contributed by atoms with E-state index in [2.05, 4.69) is 15.1 Å². The molecule has 0 bridgehead atoms. The van der Waals surface area contributed by atoms with Gasteiger partial charge in [-0.3, -0.25) is 14.0 Å². The maximum atomic E-state index is 12.7. The number of unbranched alkanes of at least 4 members (excludes halogenated alkanes) is 1. The SMILES string of the molecule is CCCCS(=O)(=O)N(CC(=O)O)c1ccc(N2CCN(CCC3CCNCC3)CC2)cc1.Cl.Cl. The van der Waals surface area contributed by atoms with Crippen molar-refractivity contribution in [3.63, 3.8) is 0 Å². The highest BCUT2D eigenvalue weighted by Gasteiger charge is 2.25. The van der Waals surface area contributed by atoms with Crippen LogP contribution in [0.5, 0.6) is 0 Å². The van der Waals surface area contributed by atoms with E-state index >= 15 is 0 Å². The topological polar surface area (TPSA) is 93.2 Å². The fourth-order valence-corrected chi connectivity index (χ4v) is 6.13. The average Bonchev–Trinajstić information content (AvgIpc) is 2.81. The second kappa shape index (κ2) is 15.0. The molecule has 3 rings (SSSR count). The smallest absolute Gasteiger partial charge is 0.324 e. The van der Waals surface area contributed by atoms with Gasteiger partial charge in [-0.05, 0) is 75.5 Å². The monoisotopic (exact) mass is 538 g/mol. The third-order valence-electron chi connectivity index (χ3n) is 6.56. The predicted molar refractivity (Wildman–Crippen MR) is 143 cm³/mol. The second-order valence-corrected chi connectivity index (χ2v) is 10.9. The van der Waals surface area contributed by atoms with Crippen LogP contribution in [0.3, 0.4) is 0 Å². The molecule has 196 valence electrons. The molecule has 0 aromatic heterocycles. The van der Waals surface area contributed by atoms with Crippen molar-refractivity contribution in [3.8, 4) is 0 Å². The van der Waals surface area contributed by atoms with Gasteiger partial charge in [0.05, 0.1) is 11.4 Å². The van der Waals surface area contributed by atoms with Gasteiger partial charge in [-0.15, -0.1) is 24.8 Å².